The van der Waals surface area contributed by atoms with Crippen LogP contribution in [0.5, 0.6) is 0 Å². The average molecular weight is 641 g/mol. The van der Waals surface area contributed by atoms with Crippen molar-refractivity contribution in [2.45, 2.75) is 57.5 Å². The summed E-state index contributed by atoms with van der Waals surface area (Å²) in [6.45, 7) is 2.96. The van der Waals surface area contributed by atoms with E-state index >= 15 is 0 Å². The number of nitrogens with one attached hydrogen (secondary N) is 2. The Morgan fingerprint density at radius 2 is 1.84 bits per heavy atom. The second-order valence-corrected chi connectivity index (χ2v) is 11.7. The smallest absolute Gasteiger partial charge is 0.382 e. The quantitative estimate of drug-likeness (QED) is 0.152. The monoisotopic (exact) mass is 640 g/mol. The standard InChI is InChI=1S/C28H24ClF7N8/c1-14-17(4-5-21(30)40-14)24(20-12-44(43-42-20)26(6-7-26)28(34,35)36)41-16-8-18-22(39-13-25(2,3)27(31,32)33)15(10-37)11-38-23(18)19(29)9-16/h4-5,8-9,11-12,24,41H,6-7,13H2,1-3H3,(H,38,39). The summed E-state index contributed by atoms with van der Waals surface area (Å²) in [7, 11) is 0. The van der Waals surface area contributed by atoms with E-state index in [1.165, 1.54) is 31.3 Å². The first-order chi connectivity index (χ1) is 20.5. The summed E-state index contributed by atoms with van der Waals surface area (Å²) in [6.07, 6.45) is -7.08. The van der Waals surface area contributed by atoms with Gasteiger partial charge >= 0.3 is 12.4 Å². The fraction of sp³-hybridized carbons (Fsp3) is 0.393. The van der Waals surface area contributed by atoms with Crippen LogP contribution in [0.1, 0.15) is 55.2 Å². The SMILES string of the molecule is Cc1nc(F)ccc1C(Nc1cc(Cl)c2ncc(C#N)c(NCC(C)(C)C(F)(F)F)c2c1)c1cn(C2(C(F)(F)F)CC2)nn1. The lowest BCUT2D eigenvalue weighted by Gasteiger charge is -2.28. The molecule has 1 aliphatic carbocycles. The third-order valence-electron chi connectivity index (χ3n) is 7.73. The van der Waals surface area contributed by atoms with E-state index in [9.17, 15) is 36.0 Å². The van der Waals surface area contributed by atoms with Crippen LogP contribution in [-0.4, -0.2) is 43.9 Å². The lowest BCUT2D eigenvalue weighted by Crippen LogP contribution is -2.38. The lowest BCUT2D eigenvalue weighted by atomic mass is 9.92. The molecular weight excluding hydrogens is 617 g/mol. The fourth-order valence-electron chi connectivity index (χ4n) is 4.73. The average Bonchev–Trinajstić information content (AvgIpc) is 3.61. The van der Waals surface area contributed by atoms with E-state index in [1.54, 1.807) is 0 Å². The molecule has 1 aliphatic rings. The molecule has 1 unspecified atom stereocenters. The number of hydrogen-bond acceptors (Lipinski definition) is 7. The van der Waals surface area contributed by atoms with Gasteiger partial charge in [-0.3, -0.25) is 4.98 Å². The fourth-order valence-corrected chi connectivity index (χ4v) is 5.00. The van der Waals surface area contributed by atoms with E-state index in [0.717, 1.165) is 30.8 Å². The number of aryl methyl sites for hydroxylation is 1. The van der Waals surface area contributed by atoms with Crippen LogP contribution in [0.2, 0.25) is 5.02 Å². The highest BCUT2D eigenvalue weighted by Gasteiger charge is 2.66. The molecule has 1 atom stereocenters. The number of alkyl halides is 6. The van der Waals surface area contributed by atoms with Crippen LogP contribution in [0.25, 0.3) is 10.9 Å². The Bertz CT molecular complexity index is 1770. The van der Waals surface area contributed by atoms with E-state index < -0.39 is 41.8 Å². The Balaban J connectivity index is 1.60. The first kappa shape index (κ1) is 31.2. The highest BCUT2D eigenvalue weighted by molar-refractivity contribution is 6.35. The van der Waals surface area contributed by atoms with Crippen molar-refractivity contribution in [1.29, 1.82) is 5.26 Å². The van der Waals surface area contributed by atoms with Gasteiger partial charge in [-0.2, -0.15) is 36.0 Å². The van der Waals surface area contributed by atoms with Crippen molar-refractivity contribution >= 4 is 33.9 Å². The predicted molar refractivity (Wildman–Crippen MR) is 147 cm³/mol. The molecule has 8 nitrogen and oxygen atoms in total. The van der Waals surface area contributed by atoms with Gasteiger partial charge in [-0.1, -0.05) is 22.9 Å². The molecule has 0 bridgehead atoms. The van der Waals surface area contributed by atoms with Crippen LogP contribution >= 0.6 is 11.6 Å². The number of benzene rings is 1. The van der Waals surface area contributed by atoms with Gasteiger partial charge in [-0.05, 0) is 51.8 Å². The van der Waals surface area contributed by atoms with Gasteiger partial charge in [0.25, 0.3) is 0 Å². The van der Waals surface area contributed by atoms with Crippen molar-refractivity contribution < 1.29 is 30.7 Å². The van der Waals surface area contributed by atoms with Crippen LogP contribution in [-0.2, 0) is 5.54 Å². The summed E-state index contributed by atoms with van der Waals surface area (Å²) in [4.78, 5) is 8.02. The second-order valence-electron chi connectivity index (χ2n) is 11.3. The van der Waals surface area contributed by atoms with E-state index in [1.807, 2.05) is 6.07 Å². The van der Waals surface area contributed by atoms with Gasteiger partial charge in [-0.15, -0.1) is 5.10 Å². The first-order valence-electron chi connectivity index (χ1n) is 13.2. The normalized spacial score (nSPS) is 15.6. The van der Waals surface area contributed by atoms with E-state index in [-0.39, 0.29) is 57.1 Å². The molecule has 1 fully saturated rings. The number of anilines is 2. The molecule has 0 aliphatic heterocycles. The molecule has 3 aromatic heterocycles. The molecule has 0 radical (unpaired) electrons. The minimum atomic E-state index is -4.56. The van der Waals surface area contributed by atoms with Gasteiger partial charge in [-0.25, -0.2) is 9.67 Å². The van der Waals surface area contributed by atoms with Crippen molar-refractivity contribution in [3.63, 3.8) is 0 Å². The number of aromatic nitrogens is 5. The number of nitriles is 1. The van der Waals surface area contributed by atoms with Gasteiger partial charge in [0.2, 0.25) is 5.95 Å². The van der Waals surface area contributed by atoms with Gasteiger partial charge in [0.05, 0.1) is 39.4 Å². The molecule has 0 amide bonds. The van der Waals surface area contributed by atoms with Crippen molar-refractivity contribution in [3.8, 4) is 6.07 Å². The molecular formula is C28H24ClF7N8. The van der Waals surface area contributed by atoms with E-state index in [0.29, 0.717) is 5.56 Å². The molecule has 16 heteroatoms. The minimum absolute atomic E-state index is 0.0383. The Morgan fingerprint density at radius 3 is 2.43 bits per heavy atom. The Kier molecular flexibility index (Phi) is 7.64. The van der Waals surface area contributed by atoms with Gasteiger partial charge < -0.3 is 10.6 Å². The molecule has 5 rings (SSSR count). The molecule has 0 saturated heterocycles. The molecule has 2 N–H and O–H groups in total. The maximum absolute atomic E-state index is 13.9. The van der Waals surface area contributed by atoms with Crippen molar-refractivity contribution in [2.24, 2.45) is 5.41 Å². The van der Waals surface area contributed by atoms with Gasteiger partial charge in [0.15, 0.2) is 5.54 Å². The summed E-state index contributed by atoms with van der Waals surface area (Å²) in [5, 5.41) is 23.6. The minimum Gasteiger partial charge on any atom is -0.382 e. The topological polar surface area (TPSA) is 104 Å². The summed E-state index contributed by atoms with van der Waals surface area (Å²) in [5.74, 6) is -0.774. The van der Waals surface area contributed by atoms with E-state index in [2.05, 4.69) is 30.9 Å². The molecule has 3 heterocycles. The Hall–Kier alpha value is -4.19. The molecule has 232 valence electrons. The summed E-state index contributed by atoms with van der Waals surface area (Å²) in [6, 6.07) is 6.32. The molecule has 1 saturated carbocycles. The zero-order valence-electron chi connectivity index (χ0n) is 23.4. The number of fused-ring (bicyclic) bond motifs is 1. The number of halogens is 8. The maximum atomic E-state index is 13.9. The van der Waals surface area contributed by atoms with Crippen LogP contribution in [0.3, 0.4) is 0 Å². The number of pyridine rings is 2. The predicted octanol–water partition coefficient (Wildman–Crippen LogP) is 7.45. The summed E-state index contributed by atoms with van der Waals surface area (Å²) >= 11 is 6.53. The number of nitrogens with zero attached hydrogens (tertiary/aromatic N) is 6. The van der Waals surface area contributed by atoms with Crippen LogP contribution in [0.15, 0.2) is 36.7 Å². The maximum Gasteiger partial charge on any atom is 0.413 e. The largest absolute Gasteiger partial charge is 0.413 e. The van der Waals surface area contributed by atoms with Crippen LogP contribution in [0, 0.1) is 29.6 Å². The summed E-state index contributed by atoms with van der Waals surface area (Å²) < 4.78 is 96.8. The van der Waals surface area contributed by atoms with Gasteiger partial charge in [0.1, 0.15) is 11.8 Å². The summed E-state index contributed by atoms with van der Waals surface area (Å²) in [5.41, 5.74) is -3.24. The highest BCUT2D eigenvalue weighted by atomic mass is 35.5. The van der Waals surface area contributed by atoms with Crippen LogP contribution in [0.4, 0.5) is 42.1 Å². The third-order valence-corrected chi connectivity index (χ3v) is 8.02. The Labute approximate surface area is 251 Å². The van der Waals surface area contributed by atoms with Crippen molar-refractivity contribution in [3.05, 3.63) is 70.1 Å². The molecule has 1 aromatic carbocycles. The first-order valence-corrected chi connectivity index (χ1v) is 13.6. The number of hydrogen-bond donors (Lipinski definition) is 2. The van der Waals surface area contributed by atoms with Gasteiger partial charge in [0, 0.05) is 35.1 Å². The zero-order chi connectivity index (χ0) is 32.2. The van der Waals surface area contributed by atoms with E-state index in [4.69, 9.17) is 11.6 Å². The molecule has 0 spiro atoms. The highest BCUT2D eigenvalue weighted by Crippen LogP contribution is 2.55. The number of rotatable bonds is 8. The van der Waals surface area contributed by atoms with Crippen molar-refractivity contribution in [2.75, 3.05) is 17.2 Å². The van der Waals surface area contributed by atoms with Crippen LogP contribution < -0.4 is 10.6 Å². The lowest BCUT2D eigenvalue weighted by molar-refractivity contribution is -0.206. The van der Waals surface area contributed by atoms with Crippen molar-refractivity contribution in [1.82, 2.24) is 25.0 Å². The molecule has 44 heavy (non-hydrogen) atoms. The third kappa shape index (κ3) is 5.58. The Morgan fingerprint density at radius 1 is 1.14 bits per heavy atom. The second kappa shape index (κ2) is 10.8. The molecule has 4 aromatic rings. The zero-order valence-corrected chi connectivity index (χ0v) is 24.1.